The highest BCUT2D eigenvalue weighted by molar-refractivity contribution is 7.99. The second kappa shape index (κ2) is 17.8. The van der Waals surface area contributed by atoms with Crippen molar-refractivity contribution in [3.63, 3.8) is 0 Å². The largest absolute Gasteiger partial charge is 0.467 e. The highest BCUT2D eigenvalue weighted by atomic mass is 32.2. The number of esters is 1. The first-order valence-corrected chi connectivity index (χ1v) is 12.6. The first kappa shape index (κ1) is 29.4. The Labute approximate surface area is 201 Å². The molecule has 188 valence electrons. The minimum atomic E-state index is -0.765. The van der Waals surface area contributed by atoms with Crippen LogP contribution < -0.4 is 5.32 Å². The van der Waals surface area contributed by atoms with Crippen LogP contribution in [0.3, 0.4) is 0 Å². The average molecular weight is 486 g/mol. The van der Waals surface area contributed by atoms with E-state index in [9.17, 15) is 19.8 Å². The van der Waals surface area contributed by atoms with E-state index in [1.54, 1.807) is 24.3 Å². The van der Waals surface area contributed by atoms with Gasteiger partial charge in [-0.05, 0) is 37.1 Å². The Bertz CT molecular complexity index is 661. The van der Waals surface area contributed by atoms with Gasteiger partial charge in [0, 0.05) is 11.3 Å². The minimum Gasteiger partial charge on any atom is -0.467 e. The number of methoxy groups -OCH3 is 1. The summed E-state index contributed by atoms with van der Waals surface area (Å²) in [5, 5.41) is 22.7. The Kier molecular flexibility index (Phi) is 15.8. The number of hydrogen-bond donors (Lipinski definition) is 3. The zero-order valence-electron chi connectivity index (χ0n) is 19.9. The van der Waals surface area contributed by atoms with Gasteiger partial charge in [-0.2, -0.15) is 11.8 Å². The Morgan fingerprint density at radius 3 is 2.36 bits per heavy atom. The van der Waals surface area contributed by atoms with Crippen molar-refractivity contribution in [2.45, 2.75) is 63.9 Å². The molecule has 0 aliphatic rings. The van der Waals surface area contributed by atoms with Gasteiger partial charge in [-0.1, -0.05) is 38.5 Å². The van der Waals surface area contributed by atoms with Crippen molar-refractivity contribution in [3.05, 3.63) is 35.9 Å². The van der Waals surface area contributed by atoms with Gasteiger partial charge in [-0.25, -0.2) is 4.79 Å². The van der Waals surface area contributed by atoms with Crippen LogP contribution in [0.5, 0.6) is 0 Å². The molecule has 0 radical (unpaired) electrons. The zero-order chi connectivity index (χ0) is 24.5. The van der Waals surface area contributed by atoms with Gasteiger partial charge < -0.3 is 29.7 Å². The molecule has 0 bridgehead atoms. The summed E-state index contributed by atoms with van der Waals surface area (Å²) in [6, 6.07) is 7.89. The number of aliphatic hydroxyl groups is 2. The molecule has 1 aromatic rings. The lowest BCUT2D eigenvalue weighted by molar-refractivity contribution is -0.142. The van der Waals surface area contributed by atoms with Gasteiger partial charge in [0.1, 0.15) is 12.1 Å². The third-order valence-electron chi connectivity index (χ3n) is 4.90. The fourth-order valence-electron chi connectivity index (χ4n) is 3.05. The third-order valence-corrected chi connectivity index (χ3v) is 6.04. The monoisotopic (exact) mass is 485 g/mol. The Morgan fingerprint density at radius 1 is 1.03 bits per heavy atom. The number of aliphatic hydroxyl groups excluding tert-OH is 2. The molecule has 0 aliphatic heterocycles. The van der Waals surface area contributed by atoms with E-state index in [-0.39, 0.29) is 31.8 Å². The Morgan fingerprint density at radius 2 is 1.73 bits per heavy atom. The van der Waals surface area contributed by atoms with Crippen molar-refractivity contribution in [1.82, 2.24) is 5.32 Å². The van der Waals surface area contributed by atoms with Crippen molar-refractivity contribution in [2.24, 2.45) is 0 Å². The lowest BCUT2D eigenvalue weighted by atomic mass is 10.1. The standard InChI is InChI=1S/C24H39NO7S/c1-4-9-21(5-2)32-16-19(26)14-31-15-20(27)17-33-13-12-22(24(29)30-3)25-23(28)18-10-7-6-8-11-18/h6-8,10-11,19-22,26-27H,4-5,9,12-17H2,1-3H3,(H,25,28). The molecule has 4 atom stereocenters. The van der Waals surface area contributed by atoms with Crippen molar-refractivity contribution < 1.29 is 34.0 Å². The van der Waals surface area contributed by atoms with Crippen molar-refractivity contribution in [1.29, 1.82) is 0 Å². The lowest BCUT2D eigenvalue weighted by Gasteiger charge is -2.19. The maximum absolute atomic E-state index is 12.3. The molecular formula is C24H39NO7S. The van der Waals surface area contributed by atoms with E-state index in [4.69, 9.17) is 14.2 Å². The number of thioether (sulfide) groups is 1. The first-order valence-electron chi connectivity index (χ1n) is 11.5. The van der Waals surface area contributed by atoms with E-state index < -0.39 is 24.2 Å². The predicted octanol–water partition coefficient (Wildman–Crippen LogP) is 2.42. The molecule has 8 nitrogen and oxygen atoms in total. The van der Waals surface area contributed by atoms with Gasteiger partial charge in [-0.15, -0.1) is 0 Å². The summed E-state index contributed by atoms with van der Waals surface area (Å²) in [5.41, 5.74) is 0.467. The quantitative estimate of drug-likeness (QED) is 0.215. The van der Waals surface area contributed by atoms with Gasteiger partial charge in [0.2, 0.25) is 0 Å². The molecule has 0 heterocycles. The van der Waals surface area contributed by atoms with E-state index >= 15 is 0 Å². The lowest BCUT2D eigenvalue weighted by Crippen LogP contribution is -2.42. The number of ether oxygens (including phenoxy) is 3. The van der Waals surface area contributed by atoms with Gasteiger partial charge in [0.25, 0.3) is 5.91 Å². The van der Waals surface area contributed by atoms with E-state index in [0.717, 1.165) is 19.3 Å². The summed E-state index contributed by atoms with van der Waals surface area (Å²) in [5.74, 6) is 0.0934. The van der Waals surface area contributed by atoms with Gasteiger partial charge in [0.15, 0.2) is 0 Å². The van der Waals surface area contributed by atoms with Gasteiger partial charge in [0.05, 0.1) is 39.1 Å². The number of hydrogen-bond acceptors (Lipinski definition) is 8. The number of nitrogens with one attached hydrogen (secondary N) is 1. The zero-order valence-corrected chi connectivity index (χ0v) is 20.7. The van der Waals surface area contributed by atoms with Crippen LogP contribution >= 0.6 is 11.8 Å². The SMILES string of the molecule is CCCC(CC)OCC(O)COCC(O)CSCCC(NC(=O)c1ccccc1)C(=O)OC. The second-order valence-corrected chi connectivity index (χ2v) is 8.93. The smallest absolute Gasteiger partial charge is 0.328 e. The summed E-state index contributed by atoms with van der Waals surface area (Å²) in [6.45, 7) is 4.57. The fourth-order valence-corrected chi connectivity index (χ4v) is 3.99. The molecular weight excluding hydrogens is 446 g/mol. The van der Waals surface area contributed by atoms with Crippen LogP contribution in [-0.2, 0) is 19.0 Å². The summed E-state index contributed by atoms with van der Waals surface area (Å²) in [7, 11) is 1.28. The predicted molar refractivity (Wildman–Crippen MR) is 129 cm³/mol. The summed E-state index contributed by atoms with van der Waals surface area (Å²) in [6.07, 6.45) is 1.99. The third kappa shape index (κ3) is 13.0. The number of carbonyl (C=O) groups is 2. The van der Waals surface area contributed by atoms with Crippen LogP contribution in [0.2, 0.25) is 0 Å². The number of carbonyl (C=O) groups excluding carboxylic acids is 2. The van der Waals surface area contributed by atoms with Crippen LogP contribution in [0.15, 0.2) is 30.3 Å². The Hall–Kier alpha value is -1.65. The van der Waals surface area contributed by atoms with Crippen molar-refractivity contribution in [2.75, 3.05) is 38.4 Å². The van der Waals surface area contributed by atoms with E-state index in [2.05, 4.69) is 19.2 Å². The fraction of sp³-hybridized carbons (Fsp3) is 0.667. The van der Waals surface area contributed by atoms with E-state index in [0.29, 0.717) is 23.5 Å². The molecule has 3 N–H and O–H groups in total. The maximum Gasteiger partial charge on any atom is 0.328 e. The second-order valence-electron chi connectivity index (χ2n) is 7.78. The van der Waals surface area contributed by atoms with Crippen LogP contribution in [0.4, 0.5) is 0 Å². The maximum atomic E-state index is 12.3. The molecule has 0 saturated heterocycles. The molecule has 0 aromatic heterocycles. The minimum absolute atomic E-state index is 0.0974. The summed E-state index contributed by atoms with van der Waals surface area (Å²) < 4.78 is 15.9. The molecule has 0 saturated carbocycles. The molecule has 33 heavy (non-hydrogen) atoms. The normalized spacial score (nSPS) is 14.8. The van der Waals surface area contributed by atoms with Gasteiger partial charge >= 0.3 is 5.97 Å². The van der Waals surface area contributed by atoms with Crippen LogP contribution in [0, 0.1) is 0 Å². The molecule has 1 rings (SSSR count). The summed E-state index contributed by atoms with van der Waals surface area (Å²) >= 11 is 1.45. The van der Waals surface area contributed by atoms with Gasteiger partial charge in [-0.3, -0.25) is 4.79 Å². The molecule has 4 unspecified atom stereocenters. The van der Waals surface area contributed by atoms with Crippen LogP contribution in [0.25, 0.3) is 0 Å². The first-order chi connectivity index (χ1) is 15.9. The van der Waals surface area contributed by atoms with Crippen LogP contribution in [-0.4, -0.2) is 84.9 Å². The molecule has 0 aliphatic carbocycles. The van der Waals surface area contributed by atoms with Crippen LogP contribution in [0.1, 0.15) is 49.9 Å². The molecule has 1 aromatic carbocycles. The average Bonchev–Trinajstić information content (AvgIpc) is 2.83. The number of rotatable bonds is 18. The molecule has 0 spiro atoms. The van der Waals surface area contributed by atoms with Crippen molar-refractivity contribution in [3.8, 4) is 0 Å². The Balaban J connectivity index is 2.25. The molecule has 9 heteroatoms. The highest BCUT2D eigenvalue weighted by Crippen LogP contribution is 2.10. The van der Waals surface area contributed by atoms with E-state index in [1.165, 1.54) is 18.9 Å². The summed E-state index contributed by atoms with van der Waals surface area (Å²) in [4.78, 5) is 24.3. The topological polar surface area (TPSA) is 114 Å². The molecule has 1 amide bonds. The van der Waals surface area contributed by atoms with Crippen molar-refractivity contribution >= 4 is 23.6 Å². The number of benzene rings is 1. The highest BCUT2D eigenvalue weighted by Gasteiger charge is 2.22. The molecule has 0 fully saturated rings. The van der Waals surface area contributed by atoms with E-state index in [1.807, 2.05) is 6.07 Å². The number of amides is 1.